The molecule has 1 saturated carbocycles. The monoisotopic (exact) mass is 361 g/mol. The Balaban J connectivity index is 1.55. The molecule has 1 aliphatic carbocycles. The van der Waals surface area contributed by atoms with E-state index in [9.17, 15) is 0 Å². The van der Waals surface area contributed by atoms with Crippen LogP contribution in [0.15, 0.2) is 29.3 Å². The van der Waals surface area contributed by atoms with Crippen molar-refractivity contribution in [3.05, 3.63) is 29.8 Å². The summed E-state index contributed by atoms with van der Waals surface area (Å²) in [6.07, 6.45) is 10.6. The zero-order valence-electron chi connectivity index (χ0n) is 16.4. The minimum Gasteiger partial charge on any atom is -0.497 e. The van der Waals surface area contributed by atoms with E-state index in [0.29, 0.717) is 6.10 Å². The molecule has 2 N–H and O–H groups in total. The van der Waals surface area contributed by atoms with E-state index in [1.165, 1.54) is 44.1 Å². The minimum absolute atomic E-state index is 0.503. The largest absolute Gasteiger partial charge is 0.497 e. The number of rotatable bonds is 9. The summed E-state index contributed by atoms with van der Waals surface area (Å²) in [7, 11) is 3.49. The number of benzene rings is 1. The molecule has 0 bridgehead atoms. The van der Waals surface area contributed by atoms with Crippen molar-refractivity contribution in [1.29, 1.82) is 0 Å². The molecule has 2 rings (SSSR count). The lowest BCUT2D eigenvalue weighted by Crippen LogP contribution is -2.37. The van der Waals surface area contributed by atoms with Gasteiger partial charge in [-0.15, -0.1) is 0 Å². The van der Waals surface area contributed by atoms with Gasteiger partial charge in [0.05, 0.1) is 13.2 Å². The molecule has 1 fully saturated rings. The van der Waals surface area contributed by atoms with E-state index >= 15 is 0 Å². The Bertz CT molecular complexity index is 526. The molecular weight excluding hydrogens is 326 g/mol. The second kappa shape index (κ2) is 12.6. The van der Waals surface area contributed by atoms with Gasteiger partial charge in [-0.2, -0.15) is 0 Å². The lowest BCUT2D eigenvalue weighted by molar-refractivity contribution is 0.0411. The number of hydrogen-bond acceptors (Lipinski definition) is 3. The average Bonchev–Trinajstić information content (AvgIpc) is 2.96. The maximum atomic E-state index is 6.04. The van der Waals surface area contributed by atoms with Gasteiger partial charge in [-0.1, -0.05) is 37.8 Å². The second-order valence-electron chi connectivity index (χ2n) is 6.90. The number of guanidine groups is 1. The van der Waals surface area contributed by atoms with Gasteiger partial charge >= 0.3 is 0 Å². The van der Waals surface area contributed by atoms with E-state index in [1.54, 1.807) is 14.2 Å². The smallest absolute Gasteiger partial charge is 0.191 e. The van der Waals surface area contributed by atoms with Crippen molar-refractivity contribution in [3.63, 3.8) is 0 Å². The predicted octanol–water partition coefficient (Wildman–Crippen LogP) is 3.88. The maximum Gasteiger partial charge on any atom is 0.191 e. The highest BCUT2D eigenvalue weighted by atomic mass is 16.5. The Morgan fingerprint density at radius 3 is 2.65 bits per heavy atom. The number of unbranched alkanes of at least 4 members (excludes halogenated alkanes) is 1. The maximum absolute atomic E-state index is 6.04. The van der Waals surface area contributed by atoms with Crippen LogP contribution in [-0.2, 0) is 11.3 Å². The molecule has 5 heteroatoms. The van der Waals surface area contributed by atoms with Gasteiger partial charge in [0.1, 0.15) is 5.75 Å². The van der Waals surface area contributed by atoms with Gasteiger partial charge in [0.15, 0.2) is 5.96 Å². The van der Waals surface area contributed by atoms with Crippen molar-refractivity contribution in [3.8, 4) is 5.75 Å². The Morgan fingerprint density at radius 1 is 1.12 bits per heavy atom. The molecule has 0 unspecified atom stereocenters. The van der Waals surface area contributed by atoms with Gasteiger partial charge < -0.3 is 20.1 Å². The fourth-order valence-electron chi connectivity index (χ4n) is 3.28. The van der Waals surface area contributed by atoms with E-state index in [-0.39, 0.29) is 0 Å². The summed E-state index contributed by atoms with van der Waals surface area (Å²) in [6, 6.07) is 8.06. The van der Waals surface area contributed by atoms with Crippen LogP contribution in [-0.4, -0.2) is 39.4 Å². The number of nitrogens with zero attached hydrogens (tertiary/aromatic N) is 1. The lowest BCUT2D eigenvalue weighted by atomic mass is 10.1. The van der Waals surface area contributed by atoms with Gasteiger partial charge in [-0.05, 0) is 43.4 Å². The average molecular weight is 362 g/mol. The minimum atomic E-state index is 0.503. The number of nitrogens with one attached hydrogen (secondary N) is 2. The summed E-state index contributed by atoms with van der Waals surface area (Å²) in [4.78, 5) is 4.28. The van der Waals surface area contributed by atoms with Crippen LogP contribution >= 0.6 is 0 Å². The Kier molecular flexibility index (Phi) is 9.95. The molecule has 0 spiro atoms. The van der Waals surface area contributed by atoms with Crippen LogP contribution in [0.5, 0.6) is 5.75 Å². The summed E-state index contributed by atoms with van der Waals surface area (Å²) >= 11 is 0. The van der Waals surface area contributed by atoms with Crippen LogP contribution in [0.1, 0.15) is 56.9 Å². The molecule has 1 aromatic rings. The Labute approximate surface area is 158 Å². The molecule has 0 heterocycles. The summed E-state index contributed by atoms with van der Waals surface area (Å²) < 4.78 is 11.3. The van der Waals surface area contributed by atoms with Crippen LogP contribution in [0.3, 0.4) is 0 Å². The molecule has 0 atom stereocenters. The zero-order chi connectivity index (χ0) is 18.5. The van der Waals surface area contributed by atoms with Gasteiger partial charge in [0, 0.05) is 26.7 Å². The summed E-state index contributed by atoms with van der Waals surface area (Å²) in [5.41, 5.74) is 1.17. The van der Waals surface area contributed by atoms with Gasteiger partial charge in [0.25, 0.3) is 0 Å². The molecule has 0 aliphatic heterocycles. The Hall–Kier alpha value is -1.75. The summed E-state index contributed by atoms with van der Waals surface area (Å²) in [5.74, 6) is 1.71. The molecule has 5 nitrogen and oxygen atoms in total. The molecule has 0 amide bonds. The van der Waals surface area contributed by atoms with Gasteiger partial charge in [-0.3, -0.25) is 4.99 Å². The second-order valence-corrected chi connectivity index (χ2v) is 6.90. The highest BCUT2D eigenvalue weighted by Crippen LogP contribution is 2.19. The van der Waals surface area contributed by atoms with Crippen LogP contribution in [0.25, 0.3) is 0 Å². The molecule has 0 radical (unpaired) electrons. The van der Waals surface area contributed by atoms with Crippen molar-refractivity contribution in [2.75, 3.05) is 27.3 Å². The van der Waals surface area contributed by atoms with Crippen LogP contribution < -0.4 is 15.4 Å². The Morgan fingerprint density at radius 2 is 1.92 bits per heavy atom. The first-order valence-electron chi connectivity index (χ1n) is 10.0. The third-order valence-electron chi connectivity index (χ3n) is 4.84. The first-order chi connectivity index (χ1) is 12.8. The van der Waals surface area contributed by atoms with Gasteiger partial charge in [-0.25, -0.2) is 0 Å². The van der Waals surface area contributed by atoms with E-state index in [1.807, 2.05) is 18.2 Å². The highest BCUT2D eigenvalue weighted by Gasteiger charge is 2.11. The zero-order valence-corrected chi connectivity index (χ0v) is 16.4. The number of ether oxygens (including phenoxy) is 2. The van der Waals surface area contributed by atoms with Crippen molar-refractivity contribution in [2.45, 2.75) is 64.0 Å². The third kappa shape index (κ3) is 8.09. The first kappa shape index (κ1) is 20.6. The molecule has 146 valence electrons. The van der Waals surface area contributed by atoms with Crippen LogP contribution in [0, 0.1) is 0 Å². The normalized spacial score (nSPS) is 16.2. The van der Waals surface area contributed by atoms with E-state index in [0.717, 1.165) is 44.2 Å². The topological polar surface area (TPSA) is 54.9 Å². The quantitative estimate of drug-likeness (QED) is 0.303. The van der Waals surface area contributed by atoms with Gasteiger partial charge in [0.2, 0.25) is 0 Å². The molecule has 26 heavy (non-hydrogen) atoms. The highest BCUT2D eigenvalue weighted by molar-refractivity contribution is 5.79. The molecule has 1 aliphatic rings. The van der Waals surface area contributed by atoms with Crippen LogP contribution in [0.4, 0.5) is 0 Å². The van der Waals surface area contributed by atoms with Crippen molar-refractivity contribution in [2.24, 2.45) is 4.99 Å². The summed E-state index contributed by atoms with van der Waals surface area (Å²) in [5, 5.41) is 6.71. The first-order valence-corrected chi connectivity index (χ1v) is 10.0. The van der Waals surface area contributed by atoms with Crippen LogP contribution in [0.2, 0.25) is 0 Å². The lowest BCUT2D eigenvalue weighted by Gasteiger charge is -2.15. The molecule has 1 aromatic carbocycles. The summed E-state index contributed by atoms with van der Waals surface area (Å²) in [6.45, 7) is 2.51. The molecule has 0 aromatic heterocycles. The fourth-order valence-corrected chi connectivity index (χ4v) is 3.28. The SMILES string of the molecule is CN=C(NCCCCOC1CCCCCC1)NCc1cccc(OC)c1. The van der Waals surface area contributed by atoms with Crippen molar-refractivity contribution < 1.29 is 9.47 Å². The molecule has 0 saturated heterocycles. The van der Waals surface area contributed by atoms with E-state index in [2.05, 4.69) is 21.7 Å². The fraction of sp³-hybridized carbons (Fsp3) is 0.667. The van der Waals surface area contributed by atoms with E-state index < -0.39 is 0 Å². The van der Waals surface area contributed by atoms with Crippen molar-refractivity contribution >= 4 is 5.96 Å². The third-order valence-corrected chi connectivity index (χ3v) is 4.84. The molecular formula is C21H35N3O2. The van der Waals surface area contributed by atoms with Crippen molar-refractivity contribution in [1.82, 2.24) is 10.6 Å². The number of aliphatic imine (C=N–C) groups is 1. The van der Waals surface area contributed by atoms with E-state index in [4.69, 9.17) is 9.47 Å². The number of methoxy groups -OCH3 is 1. The standard InChI is InChI=1S/C21H35N3O2/c1-22-21(24-17-18-10-9-13-20(16-18)25-2)23-14-7-8-15-26-19-11-5-3-4-6-12-19/h9-10,13,16,19H,3-8,11-12,14-15,17H2,1-2H3,(H2,22,23,24). The predicted molar refractivity (Wildman–Crippen MR) is 108 cm³/mol. The number of hydrogen-bond donors (Lipinski definition) is 2.